The minimum atomic E-state index is -4.53. The molecule has 0 spiro atoms. The van der Waals surface area contributed by atoms with Gasteiger partial charge >= 0.3 is 6.18 Å². The number of ether oxygens (including phenoxy) is 1. The molecule has 3 amide bonds. The lowest BCUT2D eigenvalue weighted by atomic mass is 9.97. The van der Waals surface area contributed by atoms with E-state index < -0.39 is 55.2 Å². The van der Waals surface area contributed by atoms with Crippen molar-refractivity contribution in [2.24, 2.45) is 16.6 Å². The molecule has 3 aromatic rings. The van der Waals surface area contributed by atoms with E-state index in [1.807, 2.05) is 6.92 Å². The predicted octanol–water partition coefficient (Wildman–Crippen LogP) is 4.18. The molecule has 14 heteroatoms. The van der Waals surface area contributed by atoms with Crippen molar-refractivity contribution in [3.8, 4) is 5.75 Å². The lowest BCUT2D eigenvalue weighted by Gasteiger charge is -2.31. The van der Waals surface area contributed by atoms with Crippen LogP contribution in [-0.4, -0.2) is 54.1 Å². The van der Waals surface area contributed by atoms with E-state index in [4.69, 9.17) is 22.1 Å². The molecule has 1 aromatic heterocycles. The number of rotatable bonds is 7. The maximum Gasteiger partial charge on any atom is 0.389 e. The Balaban J connectivity index is 0.000000600. The Morgan fingerprint density at radius 1 is 1.21 bits per heavy atom. The summed E-state index contributed by atoms with van der Waals surface area (Å²) in [7, 11) is 0. The fourth-order valence-electron chi connectivity index (χ4n) is 4.48. The predicted molar refractivity (Wildman–Crippen MR) is 147 cm³/mol. The second-order valence-electron chi connectivity index (χ2n) is 9.55. The van der Waals surface area contributed by atoms with Crippen LogP contribution in [0.2, 0.25) is 5.02 Å². The Bertz CT molecular complexity index is 1480. The fourth-order valence-corrected chi connectivity index (χ4v) is 4.67. The number of alkyl halides is 3. The van der Waals surface area contributed by atoms with E-state index in [0.29, 0.717) is 33.3 Å². The largest absolute Gasteiger partial charge is 0.490 e. The van der Waals surface area contributed by atoms with Crippen molar-refractivity contribution in [3.05, 3.63) is 76.6 Å². The monoisotopic (exact) mass is 605 g/mol. The maximum absolute atomic E-state index is 13.5. The van der Waals surface area contributed by atoms with Crippen LogP contribution >= 0.6 is 11.6 Å². The van der Waals surface area contributed by atoms with Crippen molar-refractivity contribution in [2.45, 2.75) is 38.5 Å². The normalized spacial score (nSPS) is 16.6. The average molecular weight is 606 g/mol. The molecule has 0 fully saturated rings. The van der Waals surface area contributed by atoms with Crippen molar-refractivity contribution in [1.29, 1.82) is 0 Å². The number of halogens is 4. The number of hydrogen-bond donors (Lipinski definition) is 2. The van der Waals surface area contributed by atoms with Gasteiger partial charge in [0.2, 0.25) is 18.0 Å². The Morgan fingerprint density at radius 3 is 2.60 bits per heavy atom. The lowest BCUT2D eigenvalue weighted by molar-refractivity contribution is -0.143. The molecule has 0 saturated heterocycles. The molecule has 0 radical (unpaired) electrons. The third kappa shape index (κ3) is 7.66. The first-order valence-corrected chi connectivity index (χ1v) is 13.2. The summed E-state index contributed by atoms with van der Waals surface area (Å²) >= 11 is 6.18. The molecular formula is C28H27ClF3N5O5. The summed E-state index contributed by atoms with van der Waals surface area (Å²) < 4.78 is 48.6. The van der Waals surface area contributed by atoms with Crippen molar-refractivity contribution in [1.82, 2.24) is 10.5 Å². The van der Waals surface area contributed by atoms with Crippen molar-refractivity contribution < 1.29 is 36.8 Å². The molecular weight excluding hydrogens is 579 g/mol. The highest BCUT2D eigenvalue weighted by atomic mass is 35.5. The number of aromatic nitrogens is 1. The SMILES string of the molecule is Cc1ccon1.NC(=O)CC(CCC(F)(F)F)C(=O)NC1N=C(c2cccc(Cl)c2)c2cccc3c2N(CCO3)C1=O. The second-order valence-corrected chi connectivity index (χ2v) is 9.99. The van der Waals surface area contributed by atoms with Crippen LogP contribution in [0.4, 0.5) is 18.9 Å². The van der Waals surface area contributed by atoms with Crippen LogP contribution < -0.4 is 20.7 Å². The summed E-state index contributed by atoms with van der Waals surface area (Å²) in [6, 6.07) is 13.7. The third-order valence-electron chi connectivity index (χ3n) is 6.39. The van der Waals surface area contributed by atoms with Gasteiger partial charge in [0.25, 0.3) is 5.91 Å². The van der Waals surface area contributed by atoms with E-state index in [9.17, 15) is 27.6 Å². The molecule has 222 valence electrons. The van der Waals surface area contributed by atoms with Gasteiger partial charge in [0.1, 0.15) is 18.6 Å². The van der Waals surface area contributed by atoms with Gasteiger partial charge in [0, 0.05) is 41.0 Å². The number of aliphatic imine (C=N–C) groups is 1. The van der Waals surface area contributed by atoms with Gasteiger partial charge in [-0.3, -0.25) is 14.4 Å². The highest BCUT2D eigenvalue weighted by molar-refractivity contribution is 6.31. The molecule has 10 nitrogen and oxygen atoms in total. The number of benzene rings is 2. The summed E-state index contributed by atoms with van der Waals surface area (Å²) in [4.78, 5) is 43.9. The van der Waals surface area contributed by atoms with Crippen LogP contribution in [0.1, 0.15) is 36.1 Å². The summed E-state index contributed by atoms with van der Waals surface area (Å²) in [5, 5.41) is 6.40. The summed E-state index contributed by atoms with van der Waals surface area (Å²) in [6.45, 7) is 2.25. The number of primary amides is 1. The molecule has 0 aliphatic carbocycles. The first-order chi connectivity index (χ1) is 19.9. The molecule has 0 saturated carbocycles. The summed E-state index contributed by atoms with van der Waals surface area (Å²) in [5.74, 6) is -3.38. The van der Waals surface area contributed by atoms with E-state index in [1.54, 1.807) is 54.8 Å². The standard InChI is InChI=1S/C24H22ClF3N4O4.C4H5NO/c25-15-4-1-3-13(11-15)19-16-5-2-6-17-20(16)32(9-10-36-17)23(35)21(30-19)31-22(34)14(12-18(29)33)7-8-24(26,27)28;1-4-2-3-6-5-4/h1-6,11,14,21H,7-10,12H2,(H2,29,33)(H,31,34);2-3H,1H3. The van der Waals surface area contributed by atoms with Crippen LogP contribution in [0, 0.1) is 12.8 Å². The zero-order chi connectivity index (χ0) is 30.4. The topological polar surface area (TPSA) is 140 Å². The number of amides is 3. The molecule has 5 rings (SSSR count). The van der Waals surface area contributed by atoms with Crippen molar-refractivity contribution in [2.75, 3.05) is 18.1 Å². The molecule has 0 bridgehead atoms. The zero-order valence-corrected chi connectivity index (χ0v) is 23.1. The van der Waals surface area contributed by atoms with Gasteiger partial charge in [-0.15, -0.1) is 0 Å². The number of nitrogens with zero attached hydrogens (tertiary/aromatic N) is 3. The van der Waals surface area contributed by atoms with Gasteiger partial charge in [-0.05, 0) is 31.5 Å². The molecule has 2 aliphatic heterocycles. The smallest absolute Gasteiger partial charge is 0.389 e. The van der Waals surface area contributed by atoms with Gasteiger partial charge in [-0.25, -0.2) is 4.99 Å². The Morgan fingerprint density at radius 2 is 1.98 bits per heavy atom. The highest BCUT2D eigenvalue weighted by Crippen LogP contribution is 2.39. The lowest BCUT2D eigenvalue weighted by Crippen LogP contribution is -2.51. The maximum atomic E-state index is 13.5. The Hall–Kier alpha value is -4.39. The van der Waals surface area contributed by atoms with Gasteiger partial charge in [0.05, 0.1) is 23.6 Å². The number of carbonyl (C=O) groups excluding carboxylic acids is 3. The molecule has 2 aromatic carbocycles. The van der Waals surface area contributed by atoms with Crippen LogP contribution in [-0.2, 0) is 14.4 Å². The first kappa shape index (κ1) is 30.6. The van der Waals surface area contributed by atoms with Gasteiger partial charge < -0.3 is 25.2 Å². The van der Waals surface area contributed by atoms with Crippen LogP contribution in [0.5, 0.6) is 5.75 Å². The van der Waals surface area contributed by atoms with E-state index >= 15 is 0 Å². The second kappa shape index (κ2) is 13.1. The quantitative estimate of drug-likeness (QED) is 0.414. The number of carbonyl (C=O) groups is 3. The molecule has 2 unspecified atom stereocenters. The van der Waals surface area contributed by atoms with Gasteiger partial charge in [-0.1, -0.05) is 41.0 Å². The van der Waals surface area contributed by atoms with E-state index in [1.165, 1.54) is 4.90 Å². The first-order valence-electron chi connectivity index (χ1n) is 12.9. The van der Waals surface area contributed by atoms with Gasteiger partial charge in [-0.2, -0.15) is 13.2 Å². The fraction of sp³-hybridized carbons (Fsp3) is 0.321. The average Bonchev–Trinajstić information content (AvgIpc) is 3.38. The van der Waals surface area contributed by atoms with Crippen LogP contribution in [0.3, 0.4) is 0 Å². The number of nitrogens with one attached hydrogen (secondary N) is 1. The number of aryl methyl sites for hydroxylation is 1. The number of anilines is 1. The number of hydrogen-bond acceptors (Lipinski definition) is 7. The molecule has 3 heterocycles. The zero-order valence-electron chi connectivity index (χ0n) is 22.4. The van der Waals surface area contributed by atoms with Crippen LogP contribution in [0.25, 0.3) is 0 Å². The summed E-state index contributed by atoms with van der Waals surface area (Å²) in [5.41, 5.74) is 8.01. The third-order valence-corrected chi connectivity index (χ3v) is 6.63. The minimum Gasteiger partial charge on any atom is -0.490 e. The minimum absolute atomic E-state index is 0.173. The van der Waals surface area contributed by atoms with E-state index in [2.05, 4.69) is 20.0 Å². The van der Waals surface area contributed by atoms with Crippen LogP contribution in [0.15, 0.2) is 64.3 Å². The van der Waals surface area contributed by atoms with Crippen molar-refractivity contribution in [3.63, 3.8) is 0 Å². The molecule has 3 N–H and O–H groups in total. The number of para-hydroxylation sites is 1. The van der Waals surface area contributed by atoms with E-state index in [-0.39, 0.29) is 13.2 Å². The molecule has 2 aliphatic rings. The van der Waals surface area contributed by atoms with Gasteiger partial charge in [0.15, 0.2) is 0 Å². The highest BCUT2D eigenvalue weighted by Gasteiger charge is 2.38. The Kier molecular flexibility index (Phi) is 9.51. The number of nitrogens with two attached hydrogens (primary N) is 1. The Labute approximate surface area is 243 Å². The summed E-state index contributed by atoms with van der Waals surface area (Å²) in [6.07, 6.45) is -6.99. The van der Waals surface area contributed by atoms with E-state index in [0.717, 1.165) is 5.69 Å². The molecule has 2 atom stereocenters. The molecule has 42 heavy (non-hydrogen) atoms. The van der Waals surface area contributed by atoms with Crippen molar-refractivity contribution >= 4 is 40.7 Å².